The predicted molar refractivity (Wildman–Crippen MR) is 98.5 cm³/mol. The highest BCUT2D eigenvalue weighted by atomic mass is 32.1. The van der Waals surface area contributed by atoms with E-state index in [1.54, 1.807) is 11.3 Å². The van der Waals surface area contributed by atoms with Gasteiger partial charge in [0, 0.05) is 48.5 Å². The number of carbonyl (C=O) groups is 1. The summed E-state index contributed by atoms with van der Waals surface area (Å²) in [5, 5.41) is 7.08. The molecule has 0 radical (unpaired) electrons. The van der Waals surface area contributed by atoms with Gasteiger partial charge in [-0.25, -0.2) is 0 Å². The summed E-state index contributed by atoms with van der Waals surface area (Å²) in [6.07, 6.45) is 1.05. The number of thiophene rings is 1. The molecule has 2 aromatic heterocycles. The van der Waals surface area contributed by atoms with Gasteiger partial charge in [0.25, 0.3) is 0 Å². The second-order valence-electron chi connectivity index (χ2n) is 6.48. The molecule has 0 aromatic carbocycles. The molecule has 1 aliphatic heterocycles. The van der Waals surface area contributed by atoms with Crippen LogP contribution in [0.2, 0.25) is 0 Å². The average molecular weight is 362 g/mol. The van der Waals surface area contributed by atoms with Crippen molar-refractivity contribution < 1.29 is 9.32 Å². The lowest BCUT2D eigenvalue weighted by Gasteiger charge is -2.33. The monoisotopic (exact) mass is 362 g/mol. The van der Waals surface area contributed by atoms with Crippen LogP contribution in [0.5, 0.6) is 0 Å². The maximum atomic E-state index is 12.2. The van der Waals surface area contributed by atoms with Crippen molar-refractivity contribution in [3.8, 4) is 0 Å². The summed E-state index contributed by atoms with van der Waals surface area (Å²) in [4.78, 5) is 19.3. The van der Waals surface area contributed by atoms with Crippen molar-refractivity contribution >= 4 is 17.2 Å². The Balaban J connectivity index is 1.35. The highest BCUT2D eigenvalue weighted by Crippen LogP contribution is 2.16. The Morgan fingerprint density at radius 2 is 1.96 bits per heavy atom. The molecule has 1 fully saturated rings. The molecule has 0 spiro atoms. The zero-order valence-electron chi connectivity index (χ0n) is 15.0. The van der Waals surface area contributed by atoms with Gasteiger partial charge in [-0.2, -0.15) is 0 Å². The molecule has 3 rings (SSSR count). The van der Waals surface area contributed by atoms with Crippen LogP contribution in [0.25, 0.3) is 0 Å². The number of aromatic nitrogens is 1. The van der Waals surface area contributed by atoms with E-state index in [1.807, 2.05) is 13.0 Å². The lowest BCUT2D eigenvalue weighted by molar-refractivity contribution is -0.122. The van der Waals surface area contributed by atoms with Gasteiger partial charge >= 0.3 is 0 Å². The quantitative estimate of drug-likeness (QED) is 0.817. The minimum absolute atomic E-state index is 0.104. The van der Waals surface area contributed by atoms with Gasteiger partial charge < -0.3 is 9.84 Å². The summed E-state index contributed by atoms with van der Waals surface area (Å²) in [5.41, 5.74) is 0.978. The minimum Gasteiger partial charge on any atom is -0.361 e. The van der Waals surface area contributed by atoms with E-state index in [1.165, 1.54) is 9.75 Å². The number of amides is 1. The molecule has 0 atom stereocenters. The van der Waals surface area contributed by atoms with E-state index in [0.717, 1.165) is 50.6 Å². The second-order valence-corrected chi connectivity index (χ2v) is 7.73. The molecule has 3 heterocycles. The topological polar surface area (TPSA) is 61.6 Å². The standard InChI is InChI=1S/C18H26N4O2S/c1-3-16-4-5-17(25-16)11-19-18(23)13-22-8-6-21(7-9-22)12-15-10-14(2)24-20-15/h4-5,10H,3,6-9,11-13H2,1-2H3,(H,19,23). The van der Waals surface area contributed by atoms with Gasteiger partial charge in [0.15, 0.2) is 0 Å². The first-order valence-corrected chi connectivity index (χ1v) is 9.65. The van der Waals surface area contributed by atoms with Crippen molar-refractivity contribution in [1.29, 1.82) is 0 Å². The summed E-state index contributed by atoms with van der Waals surface area (Å²) in [6, 6.07) is 6.23. The fourth-order valence-electron chi connectivity index (χ4n) is 2.98. The van der Waals surface area contributed by atoms with Crippen molar-refractivity contribution in [2.24, 2.45) is 0 Å². The number of carbonyl (C=O) groups excluding carboxylic acids is 1. The summed E-state index contributed by atoms with van der Waals surface area (Å²) < 4.78 is 5.11. The Morgan fingerprint density at radius 3 is 2.60 bits per heavy atom. The molecule has 0 bridgehead atoms. The van der Waals surface area contributed by atoms with Crippen molar-refractivity contribution in [2.45, 2.75) is 33.4 Å². The Hall–Kier alpha value is -1.70. The van der Waals surface area contributed by atoms with Crippen molar-refractivity contribution in [2.75, 3.05) is 32.7 Å². The fourth-order valence-corrected chi connectivity index (χ4v) is 3.88. The van der Waals surface area contributed by atoms with Gasteiger partial charge in [-0.1, -0.05) is 12.1 Å². The largest absolute Gasteiger partial charge is 0.361 e. The Bertz CT molecular complexity index is 689. The van der Waals surface area contributed by atoms with E-state index < -0.39 is 0 Å². The predicted octanol–water partition coefficient (Wildman–Crippen LogP) is 2.04. The van der Waals surface area contributed by atoms with Gasteiger partial charge in [-0.05, 0) is 25.5 Å². The number of rotatable bonds is 7. The first-order chi connectivity index (χ1) is 12.1. The van der Waals surface area contributed by atoms with Crippen LogP contribution in [0.4, 0.5) is 0 Å². The fraction of sp³-hybridized carbons (Fsp3) is 0.556. The SMILES string of the molecule is CCc1ccc(CNC(=O)CN2CCN(Cc3cc(C)on3)CC2)s1. The van der Waals surface area contributed by atoms with Crippen LogP contribution < -0.4 is 5.32 Å². The lowest BCUT2D eigenvalue weighted by atomic mass is 10.2. The normalized spacial score (nSPS) is 16.2. The Labute approximate surface area is 152 Å². The zero-order valence-corrected chi connectivity index (χ0v) is 15.8. The first kappa shape index (κ1) is 18.1. The Morgan fingerprint density at radius 1 is 1.24 bits per heavy atom. The van der Waals surface area contributed by atoms with Crippen LogP contribution in [-0.2, 0) is 24.3 Å². The van der Waals surface area contributed by atoms with Crippen LogP contribution in [0.15, 0.2) is 22.7 Å². The molecule has 1 amide bonds. The van der Waals surface area contributed by atoms with E-state index in [-0.39, 0.29) is 5.91 Å². The molecule has 0 saturated carbocycles. The molecule has 0 aliphatic carbocycles. The molecule has 136 valence electrons. The molecule has 1 N–H and O–H groups in total. The van der Waals surface area contributed by atoms with Crippen molar-refractivity contribution in [3.05, 3.63) is 39.4 Å². The molecule has 2 aromatic rings. The van der Waals surface area contributed by atoms with Gasteiger partial charge in [0.1, 0.15) is 5.76 Å². The third-order valence-electron chi connectivity index (χ3n) is 4.42. The second kappa shape index (κ2) is 8.60. The molecule has 0 unspecified atom stereocenters. The third kappa shape index (κ3) is 5.39. The molecular formula is C18H26N4O2S. The van der Waals surface area contributed by atoms with Crippen molar-refractivity contribution in [1.82, 2.24) is 20.3 Å². The van der Waals surface area contributed by atoms with Gasteiger partial charge in [0.2, 0.25) is 5.91 Å². The number of hydrogen-bond donors (Lipinski definition) is 1. The van der Waals surface area contributed by atoms with E-state index in [2.05, 4.69) is 39.3 Å². The van der Waals surface area contributed by atoms with Crippen LogP contribution >= 0.6 is 11.3 Å². The van der Waals surface area contributed by atoms with Gasteiger partial charge in [0.05, 0.1) is 18.8 Å². The van der Waals surface area contributed by atoms with E-state index in [0.29, 0.717) is 13.1 Å². The third-order valence-corrected chi connectivity index (χ3v) is 5.65. The first-order valence-electron chi connectivity index (χ1n) is 8.83. The van der Waals surface area contributed by atoms with E-state index in [9.17, 15) is 4.79 Å². The van der Waals surface area contributed by atoms with E-state index in [4.69, 9.17) is 4.52 Å². The Kier molecular flexibility index (Phi) is 6.23. The van der Waals surface area contributed by atoms with E-state index >= 15 is 0 Å². The van der Waals surface area contributed by atoms with Crippen LogP contribution in [-0.4, -0.2) is 53.6 Å². The number of piperazine rings is 1. The van der Waals surface area contributed by atoms with Crippen LogP contribution in [0, 0.1) is 6.92 Å². The van der Waals surface area contributed by atoms with Gasteiger partial charge in [-0.3, -0.25) is 14.6 Å². The molecule has 1 saturated heterocycles. The summed E-state index contributed by atoms with van der Waals surface area (Å²) in [5.74, 6) is 0.953. The molecule has 25 heavy (non-hydrogen) atoms. The summed E-state index contributed by atoms with van der Waals surface area (Å²) in [7, 11) is 0. The maximum Gasteiger partial charge on any atom is 0.234 e. The van der Waals surface area contributed by atoms with Crippen molar-refractivity contribution in [3.63, 3.8) is 0 Å². The zero-order chi connectivity index (χ0) is 17.6. The number of aryl methyl sites for hydroxylation is 2. The highest BCUT2D eigenvalue weighted by molar-refractivity contribution is 7.11. The number of hydrogen-bond acceptors (Lipinski definition) is 6. The number of nitrogens with zero attached hydrogens (tertiary/aromatic N) is 3. The highest BCUT2D eigenvalue weighted by Gasteiger charge is 2.19. The average Bonchev–Trinajstić information content (AvgIpc) is 3.23. The van der Waals surface area contributed by atoms with Crippen LogP contribution in [0.1, 0.15) is 28.1 Å². The molecular weight excluding hydrogens is 336 g/mol. The van der Waals surface area contributed by atoms with Crippen LogP contribution in [0.3, 0.4) is 0 Å². The smallest absolute Gasteiger partial charge is 0.234 e. The molecule has 7 heteroatoms. The summed E-state index contributed by atoms with van der Waals surface area (Å²) >= 11 is 1.78. The lowest BCUT2D eigenvalue weighted by Crippen LogP contribution is -2.49. The molecule has 6 nitrogen and oxygen atoms in total. The summed E-state index contributed by atoms with van der Waals surface area (Å²) in [6.45, 7) is 9.69. The minimum atomic E-state index is 0.104. The van der Waals surface area contributed by atoms with Gasteiger partial charge in [-0.15, -0.1) is 11.3 Å². The maximum absolute atomic E-state index is 12.2. The molecule has 1 aliphatic rings. The number of nitrogens with one attached hydrogen (secondary N) is 1.